The summed E-state index contributed by atoms with van der Waals surface area (Å²) in [5, 5.41) is 6.56. The molecule has 0 amide bonds. The number of nitrogens with one attached hydrogen (secondary N) is 3. The van der Waals surface area contributed by atoms with Crippen molar-refractivity contribution < 1.29 is 13.2 Å². The molecule has 0 fully saturated rings. The molecule has 0 spiro atoms. The van der Waals surface area contributed by atoms with Crippen molar-refractivity contribution in [3.8, 4) is 0 Å². The average Bonchev–Trinajstić information content (AvgIpc) is 2.71. The smallest absolute Gasteiger partial charge is 0.240 e. The van der Waals surface area contributed by atoms with Gasteiger partial charge in [-0.1, -0.05) is 36.4 Å². The van der Waals surface area contributed by atoms with Crippen molar-refractivity contribution >= 4 is 16.0 Å². The largest absolute Gasteiger partial charge is 0.383 e. The fourth-order valence-corrected chi connectivity index (χ4v) is 3.65. The van der Waals surface area contributed by atoms with Crippen LogP contribution in [0.4, 0.5) is 0 Å². The Balaban J connectivity index is 1.99. The lowest BCUT2D eigenvalue weighted by molar-refractivity contribution is 0.204. The van der Waals surface area contributed by atoms with Gasteiger partial charge in [-0.15, -0.1) is 0 Å². The van der Waals surface area contributed by atoms with Gasteiger partial charge in [-0.3, -0.25) is 0 Å². The van der Waals surface area contributed by atoms with Crippen LogP contribution >= 0.6 is 0 Å². The predicted molar refractivity (Wildman–Crippen MR) is 116 cm³/mol. The van der Waals surface area contributed by atoms with Crippen LogP contribution in [0.15, 0.2) is 58.4 Å². The summed E-state index contributed by atoms with van der Waals surface area (Å²) in [5.41, 5.74) is 3.37. The van der Waals surface area contributed by atoms with Gasteiger partial charge in [-0.05, 0) is 42.7 Å². The quantitative estimate of drug-likeness (QED) is 0.312. The summed E-state index contributed by atoms with van der Waals surface area (Å²) in [6.07, 6.45) is 0. The van der Waals surface area contributed by atoms with Crippen molar-refractivity contribution in [2.24, 2.45) is 4.99 Å². The van der Waals surface area contributed by atoms with Crippen molar-refractivity contribution in [1.29, 1.82) is 0 Å². The highest BCUT2D eigenvalue weighted by Crippen LogP contribution is 2.11. The molecule has 0 aliphatic rings. The highest BCUT2D eigenvalue weighted by atomic mass is 32.2. The first kappa shape index (κ1) is 22.9. The van der Waals surface area contributed by atoms with Gasteiger partial charge in [0.1, 0.15) is 0 Å². The molecule has 0 radical (unpaired) electrons. The zero-order valence-corrected chi connectivity index (χ0v) is 18.1. The van der Waals surface area contributed by atoms with E-state index in [9.17, 15) is 8.42 Å². The number of rotatable bonds is 10. The van der Waals surface area contributed by atoms with E-state index in [-0.39, 0.29) is 11.4 Å². The number of nitrogens with zero attached hydrogens (tertiary/aromatic N) is 1. The predicted octanol–water partition coefficient (Wildman–Crippen LogP) is 2.18. The number of hydrogen-bond donors (Lipinski definition) is 3. The summed E-state index contributed by atoms with van der Waals surface area (Å²) in [7, 11) is -1.99. The molecule has 0 unspecified atom stereocenters. The van der Waals surface area contributed by atoms with Crippen LogP contribution in [0.2, 0.25) is 0 Å². The van der Waals surface area contributed by atoms with Gasteiger partial charge in [0.25, 0.3) is 0 Å². The normalized spacial score (nSPS) is 12.0. The van der Waals surface area contributed by atoms with Gasteiger partial charge >= 0.3 is 0 Å². The first-order valence-corrected chi connectivity index (χ1v) is 11.1. The number of sulfonamides is 1. The Kier molecular flexibility index (Phi) is 9.11. The summed E-state index contributed by atoms with van der Waals surface area (Å²) in [4.78, 5) is 4.82. The van der Waals surface area contributed by atoms with Gasteiger partial charge < -0.3 is 15.4 Å². The summed E-state index contributed by atoms with van der Waals surface area (Å²) >= 11 is 0. The van der Waals surface area contributed by atoms with Gasteiger partial charge in [-0.2, -0.15) is 0 Å². The van der Waals surface area contributed by atoms with Gasteiger partial charge in [0.15, 0.2) is 5.96 Å². The molecule has 0 atom stereocenters. The Hall–Kier alpha value is -2.42. The van der Waals surface area contributed by atoms with Crippen LogP contribution < -0.4 is 15.4 Å². The van der Waals surface area contributed by atoms with E-state index in [0.717, 1.165) is 12.1 Å². The summed E-state index contributed by atoms with van der Waals surface area (Å²) in [6.45, 7) is 6.55. The van der Waals surface area contributed by atoms with Crippen LogP contribution in [0.5, 0.6) is 0 Å². The van der Waals surface area contributed by atoms with Crippen LogP contribution in [-0.2, 0) is 27.8 Å². The molecule has 7 nitrogen and oxygen atoms in total. The van der Waals surface area contributed by atoms with E-state index in [0.29, 0.717) is 25.7 Å². The fraction of sp³-hybridized carbons (Fsp3) is 0.381. The zero-order chi connectivity index (χ0) is 21.1. The molecule has 0 saturated carbocycles. The number of hydrogen-bond acceptors (Lipinski definition) is 4. The SMILES string of the molecule is CCNC(=NCc1ccc(S(=O)(=O)NCCOC)cc1)NCc1ccccc1C. The molecule has 158 valence electrons. The Labute approximate surface area is 173 Å². The van der Waals surface area contributed by atoms with Crippen LogP contribution in [0.3, 0.4) is 0 Å². The summed E-state index contributed by atoms with van der Waals surface area (Å²) < 4.78 is 31.8. The number of aryl methyl sites for hydroxylation is 1. The van der Waals surface area contributed by atoms with E-state index in [4.69, 9.17) is 4.74 Å². The van der Waals surface area contributed by atoms with Gasteiger partial charge in [0, 0.05) is 26.7 Å². The Morgan fingerprint density at radius 1 is 1.07 bits per heavy atom. The number of benzene rings is 2. The molecule has 2 aromatic rings. The number of aliphatic imine (C=N–C) groups is 1. The lowest BCUT2D eigenvalue weighted by Gasteiger charge is -2.13. The van der Waals surface area contributed by atoms with Crippen molar-refractivity contribution in [2.75, 3.05) is 26.8 Å². The lowest BCUT2D eigenvalue weighted by atomic mass is 10.1. The van der Waals surface area contributed by atoms with Crippen LogP contribution in [-0.4, -0.2) is 41.2 Å². The molecule has 2 aromatic carbocycles. The van der Waals surface area contributed by atoms with Crippen molar-refractivity contribution in [3.05, 3.63) is 65.2 Å². The molecule has 0 aliphatic heterocycles. The highest BCUT2D eigenvalue weighted by molar-refractivity contribution is 7.89. The first-order valence-electron chi connectivity index (χ1n) is 9.60. The maximum atomic E-state index is 12.2. The molecule has 0 saturated heterocycles. The minimum absolute atomic E-state index is 0.228. The van der Waals surface area contributed by atoms with Gasteiger partial charge in [0.2, 0.25) is 10.0 Å². The molecular weight excluding hydrogens is 388 g/mol. The Morgan fingerprint density at radius 2 is 1.79 bits per heavy atom. The average molecular weight is 419 g/mol. The fourth-order valence-electron chi connectivity index (χ4n) is 2.63. The topological polar surface area (TPSA) is 91.8 Å². The van der Waals surface area contributed by atoms with Crippen LogP contribution in [0, 0.1) is 6.92 Å². The molecule has 8 heteroatoms. The maximum absolute atomic E-state index is 12.2. The molecule has 0 heterocycles. The minimum Gasteiger partial charge on any atom is -0.383 e. The van der Waals surface area contributed by atoms with Crippen molar-refractivity contribution in [3.63, 3.8) is 0 Å². The number of guanidine groups is 1. The molecule has 0 aromatic heterocycles. The second-order valence-corrected chi connectivity index (χ2v) is 8.28. The third kappa shape index (κ3) is 7.49. The van der Waals surface area contributed by atoms with Crippen molar-refractivity contribution in [2.45, 2.75) is 31.8 Å². The Bertz CT molecular complexity index is 896. The summed E-state index contributed by atoms with van der Waals surface area (Å²) in [5.74, 6) is 0.716. The molecule has 0 aliphatic carbocycles. The third-order valence-corrected chi connectivity index (χ3v) is 5.78. The van der Waals surface area contributed by atoms with Crippen molar-refractivity contribution in [1.82, 2.24) is 15.4 Å². The van der Waals surface area contributed by atoms with E-state index in [1.807, 2.05) is 19.1 Å². The lowest BCUT2D eigenvalue weighted by Crippen LogP contribution is -2.36. The highest BCUT2D eigenvalue weighted by Gasteiger charge is 2.12. The standard InChI is InChI=1S/C21H30N4O3S/c1-4-22-21(24-16-19-8-6-5-7-17(19)2)23-15-18-9-11-20(12-10-18)29(26,27)25-13-14-28-3/h5-12,25H,4,13-16H2,1-3H3,(H2,22,23,24). The van der Waals surface area contributed by atoms with E-state index in [1.54, 1.807) is 24.3 Å². The molecular formula is C21H30N4O3S. The van der Waals surface area contributed by atoms with Crippen LogP contribution in [0.1, 0.15) is 23.6 Å². The molecule has 2 rings (SSSR count). The second-order valence-electron chi connectivity index (χ2n) is 6.51. The van der Waals surface area contributed by atoms with E-state index in [2.05, 4.69) is 39.4 Å². The van der Waals surface area contributed by atoms with Gasteiger partial charge in [0.05, 0.1) is 18.0 Å². The maximum Gasteiger partial charge on any atom is 0.240 e. The molecule has 0 bridgehead atoms. The monoisotopic (exact) mass is 418 g/mol. The van der Waals surface area contributed by atoms with Crippen LogP contribution in [0.25, 0.3) is 0 Å². The first-order chi connectivity index (χ1) is 14.0. The number of ether oxygens (including phenoxy) is 1. The van der Waals surface area contributed by atoms with E-state index >= 15 is 0 Å². The third-order valence-electron chi connectivity index (χ3n) is 4.30. The van der Waals surface area contributed by atoms with E-state index in [1.165, 1.54) is 18.2 Å². The zero-order valence-electron chi connectivity index (χ0n) is 17.2. The second kappa shape index (κ2) is 11.5. The number of methoxy groups -OCH3 is 1. The molecule has 3 N–H and O–H groups in total. The Morgan fingerprint density at radius 3 is 2.45 bits per heavy atom. The van der Waals surface area contributed by atoms with E-state index < -0.39 is 10.0 Å². The van der Waals surface area contributed by atoms with Gasteiger partial charge in [-0.25, -0.2) is 18.1 Å². The molecule has 29 heavy (non-hydrogen) atoms. The minimum atomic E-state index is -3.52. The summed E-state index contributed by atoms with van der Waals surface area (Å²) in [6, 6.07) is 15.0.